The standard InChI is InChI=1S/C12H12ClN3O3/c1-6-9(11(17)19-2)10(16-12(18)15-6)7-3-4-14-5-8(7)13/h3-5,10H,1-2H3,(H2,15,16,18)/t10-/m0/s1. The van der Waals surface area contributed by atoms with Gasteiger partial charge in [-0.3, -0.25) is 4.98 Å². The molecule has 0 saturated carbocycles. The summed E-state index contributed by atoms with van der Waals surface area (Å²) in [5.41, 5.74) is 1.34. The number of esters is 1. The quantitative estimate of drug-likeness (QED) is 0.806. The van der Waals surface area contributed by atoms with E-state index in [0.29, 0.717) is 21.9 Å². The lowest BCUT2D eigenvalue weighted by Crippen LogP contribution is -2.45. The smallest absolute Gasteiger partial charge is 0.337 e. The van der Waals surface area contributed by atoms with Gasteiger partial charge in [-0.05, 0) is 13.0 Å². The Balaban J connectivity index is 2.53. The van der Waals surface area contributed by atoms with Crippen molar-refractivity contribution in [1.82, 2.24) is 15.6 Å². The molecule has 6 nitrogen and oxygen atoms in total. The first kappa shape index (κ1) is 13.4. The summed E-state index contributed by atoms with van der Waals surface area (Å²) in [4.78, 5) is 27.3. The van der Waals surface area contributed by atoms with E-state index in [4.69, 9.17) is 16.3 Å². The van der Waals surface area contributed by atoms with Crippen LogP contribution in [-0.4, -0.2) is 24.1 Å². The van der Waals surface area contributed by atoms with Crippen molar-refractivity contribution in [2.75, 3.05) is 7.11 Å². The molecule has 2 heterocycles. The molecule has 100 valence electrons. The molecular weight excluding hydrogens is 270 g/mol. The second kappa shape index (κ2) is 5.27. The number of ether oxygens (including phenoxy) is 1. The molecule has 1 aromatic rings. The SMILES string of the molecule is COC(=O)C1=C(C)NC(=O)N[C@H]1c1ccncc1Cl. The van der Waals surface area contributed by atoms with Gasteiger partial charge in [-0.1, -0.05) is 11.6 Å². The fourth-order valence-electron chi connectivity index (χ4n) is 1.93. The summed E-state index contributed by atoms with van der Waals surface area (Å²) >= 11 is 6.06. The number of aromatic nitrogens is 1. The van der Waals surface area contributed by atoms with Gasteiger partial charge in [-0.25, -0.2) is 9.59 Å². The van der Waals surface area contributed by atoms with Gasteiger partial charge in [-0.15, -0.1) is 0 Å². The van der Waals surface area contributed by atoms with Crippen LogP contribution in [-0.2, 0) is 9.53 Å². The monoisotopic (exact) mass is 281 g/mol. The Morgan fingerprint density at radius 2 is 2.26 bits per heavy atom. The number of hydrogen-bond donors (Lipinski definition) is 2. The predicted octanol–water partition coefficient (Wildman–Crippen LogP) is 1.54. The Kier molecular flexibility index (Phi) is 3.71. The fourth-order valence-corrected chi connectivity index (χ4v) is 2.16. The third-order valence-corrected chi connectivity index (χ3v) is 3.11. The van der Waals surface area contributed by atoms with Gasteiger partial charge in [0.1, 0.15) is 0 Å². The van der Waals surface area contributed by atoms with Crippen LogP contribution in [0.3, 0.4) is 0 Å². The third-order valence-electron chi connectivity index (χ3n) is 2.79. The Labute approximate surface area is 114 Å². The number of nitrogens with zero attached hydrogens (tertiary/aromatic N) is 1. The summed E-state index contributed by atoms with van der Waals surface area (Å²) in [6.45, 7) is 1.63. The van der Waals surface area contributed by atoms with Crippen LogP contribution in [0.5, 0.6) is 0 Å². The average Bonchev–Trinajstić information content (AvgIpc) is 2.37. The van der Waals surface area contributed by atoms with E-state index in [9.17, 15) is 9.59 Å². The topological polar surface area (TPSA) is 80.3 Å². The first-order chi connectivity index (χ1) is 9.04. The van der Waals surface area contributed by atoms with Crippen molar-refractivity contribution in [2.24, 2.45) is 0 Å². The summed E-state index contributed by atoms with van der Waals surface area (Å²) in [5, 5.41) is 5.55. The molecule has 1 aliphatic heterocycles. The molecule has 7 heteroatoms. The van der Waals surface area contributed by atoms with E-state index in [-0.39, 0.29) is 0 Å². The van der Waals surface area contributed by atoms with Crippen molar-refractivity contribution in [3.05, 3.63) is 40.3 Å². The van der Waals surface area contributed by atoms with Gasteiger partial charge < -0.3 is 15.4 Å². The van der Waals surface area contributed by atoms with E-state index < -0.39 is 18.0 Å². The molecular formula is C12H12ClN3O3. The molecule has 0 aliphatic carbocycles. The first-order valence-electron chi connectivity index (χ1n) is 5.50. The molecule has 2 rings (SSSR count). The highest BCUT2D eigenvalue weighted by atomic mass is 35.5. The number of carbonyl (C=O) groups excluding carboxylic acids is 2. The van der Waals surface area contributed by atoms with Gasteiger partial charge in [0.15, 0.2) is 0 Å². The number of urea groups is 1. The Morgan fingerprint density at radius 1 is 1.53 bits per heavy atom. The largest absolute Gasteiger partial charge is 0.466 e. The molecule has 1 atom stereocenters. The second-order valence-corrected chi connectivity index (χ2v) is 4.37. The third kappa shape index (κ3) is 2.53. The van der Waals surface area contributed by atoms with E-state index >= 15 is 0 Å². The summed E-state index contributed by atoms with van der Waals surface area (Å²) in [5.74, 6) is -0.525. The molecule has 0 saturated heterocycles. The van der Waals surface area contributed by atoms with Crippen molar-refractivity contribution in [1.29, 1.82) is 0 Å². The van der Waals surface area contributed by atoms with Crippen LogP contribution in [0.15, 0.2) is 29.7 Å². The number of allylic oxidation sites excluding steroid dienone is 1. The summed E-state index contributed by atoms with van der Waals surface area (Å²) < 4.78 is 4.74. The highest BCUT2D eigenvalue weighted by molar-refractivity contribution is 6.31. The van der Waals surface area contributed by atoms with Gasteiger partial charge in [0.25, 0.3) is 0 Å². The van der Waals surface area contributed by atoms with Crippen LogP contribution in [0.1, 0.15) is 18.5 Å². The number of carbonyl (C=O) groups is 2. The zero-order chi connectivity index (χ0) is 14.0. The van der Waals surface area contributed by atoms with E-state index in [1.54, 1.807) is 19.2 Å². The van der Waals surface area contributed by atoms with Crippen LogP contribution in [0.25, 0.3) is 0 Å². The normalized spacial score (nSPS) is 18.7. The highest BCUT2D eigenvalue weighted by Gasteiger charge is 2.32. The lowest BCUT2D eigenvalue weighted by Gasteiger charge is -2.28. The maximum atomic E-state index is 11.8. The van der Waals surface area contributed by atoms with Crippen LogP contribution in [0.4, 0.5) is 4.79 Å². The highest BCUT2D eigenvalue weighted by Crippen LogP contribution is 2.31. The van der Waals surface area contributed by atoms with Gasteiger partial charge in [0.05, 0.1) is 23.7 Å². The minimum Gasteiger partial charge on any atom is -0.466 e. The zero-order valence-electron chi connectivity index (χ0n) is 10.4. The minimum absolute atomic E-state index is 0.315. The van der Waals surface area contributed by atoms with Crippen LogP contribution in [0, 0.1) is 0 Å². The molecule has 19 heavy (non-hydrogen) atoms. The molecule has 0 fully saturated rings. The van der Waals surface area contributed by atoms with Gasteiger partial charge in [0.2, 0.25) is 0 Å². The number of nitrogens with one attached hydrogen (secondary N) is 2. The summed E-state index contributed by atoms with van der Waals surface area (Å²) in [6.07, 6.45) is 2.99. The minimum atomic E-state index is -0.656. The molecule has 2 N–H and O–H groups in total. The lowest BCUT2D eigenvalue weighted by atomic mass is 9.96. The van der Waals surface area contributed by atoms with Crippen molar-refractivity contribution in [3.8, 4) is 0 Å². The second-order valence-electron chi connectivity index (χ2n) is 3.96. The Bertz CT molecular complexity index is 571. The Morgan fingerprint density at radius 3 is 2.89 bits per heavy atom. The van der Waals surface area contributed by atoms with E-state index in [1.165, 1.54) is 13.3 Å². The van der Waals surface area contributed by atoms with Gasteiger partial charge >= 0.3 is 12.0 Å². The number of hydrogen-bond acceptors (Lipinski definition) is 4. The van der Waals surface area contributed by atoms with E-state index in [1.807, 2.05) is 0 Å². The molecule has 0 radical (unpaired) electrons. The number of halogens is 1. The molecule has 0 bridgehead atoms. The van der Waals surface area contributed by atoms with Crippen LogP contribution < -0.4 is 10.6 Å². The maximum absolute atomic E-state index is 11.8. The van der Waals surface area contributed by atoms with E-state index in [0.717, 1.165) is 0 Å². The molecule has 0 spiro atoms. The molecule has 1 aromatic heterocycles. The molecule has 0 unspecified atom stereocenters. The molecule has 1 aliphatic rings. The van der Waals surface area contributed by atoms with Crippen LogP contribution in [0.2, 0.25) is 5.02 Å². The zero-order valence-corrected chi connectivity index (χ0v) is 11.1. The van der Waals surface area contributed by atoms with Crippen LogP contribution >= 0.6 is 11.6 Å². The number of pyridine rings is 1. The summed E-state index contributed by atoms with van der Waals surface area (Å²) in [7, 11) is 1.28. The fraction of sp³-hybridized carbons (Fsp3) is 0.250. The summed E-state index contributed by atoms with van der Waals surface area (Å²) in [6, 6.07) is 0.592. The van der Waals surface area contributed by atoms with Crippen molar-refractivity contribution >= 4 is 23.6 Å². The van der Waals surface area contributed by atoms with Crippen molar-refractivity contribution in [3.63, 3.8) is 0 Å². The maximum Gasteiger partial charge on any atom is 0.337 e. The first-order valence-corrected chi connectivity index (χ1v) is 5.88. The van der Waals surface area contributed by atoms with Gasteiger partial charge in [-0.2, -0.15) is 0 Å². The van der Waals surface area contributed by atoms with Crippen molar-refractivity contribution in [2.45, 2.75) is 13.0 Å². The van der Waals surface area contributed by atoms with E-state index in [2.05, 4.69) is 15.6 Å². The number of methoxy groups -OCH3 is 1. The number of amides is 2. The average molecular weight is 282 g/mol. The predicted molar refractivity (Wildman–Crippen MR) is 68.4 cm³/mol. The van der Waals surface area contributed by atoms with Gasteiger partial charge in [0, 0.05) is 23.7 Å². The molecule has 0 aromatic carbocycles. The number of rotatable bonds is 2. The lowest BCUT2D eigenvalue weighted by molar-refractivity contribution is -0.136. The molecule has 2 amide bonds. The van der Waals surface area contributed by atoms with Crippen molar-refractivity contribution < 1.29 is 14.3 Å². The Hall–Kier alpha value is -2.08.